The Kier molecular flexibility index (Phi) is 5.82. The number of pyridine rings is 1. The summed E-state index contributed by atoms with van der Waals surface area (Å²) in [6.07, 6.45) is 1.67. The second-order valence-electron chi connectivity index (χ2n) is 7.82. The van der Waals surface area contributed by atoms with E-state index in [0.29, 0.717) is 36.2 Å². The maximum Gasteiger partial charge on any atom is 0.255 e. The van der Waals surface area contributed by atoms with Gasteiger partial charge in [0, 0.05) is 29.8 Å². The van der Waals surface area contributed by atoms with Gasteiger partial charge in [0.2, 0.25) is 11.8 Å². The number of hydrogen-bond acceptors (Lipinski definition) is 7. The average molecular weight is 441 g/mol. The predicted octanol–water partition coefficient (Wildman–Crippen LogP) is 4.20. The van der Waals surface area contributed by atoms with E-state index in [0.717, 1.165) is 35.6 Å². The largest absolute Gasteiger partial charge is 0.416 e. The maximum atomic E-state index is 12.7. The molecule has 33 heavy (non-hydrogen) atoms. The quantitative estimate of drug-likeness (QED) is 0.496. The highest BCUT2D eigenvalue weighted by molar-refractivity contribution is 6.04. The van der Waals surface area contributed by atoms with E-state index >= 15 is 0 Å². The van der Waals surface area contributed by atoms with Gasteiger partial charge in [0.05, 0.1) is 25.1 Å². The molecule has 0 bridgehead atoms. The Morgan fingerprint density at radius 3 is 2.39 bits per heavy atom. The van der Waals surface area contributed by atoms with Gasteiger partial charge in [-0.2, -0.15) is 0 Å². The van der Waals surface area contributed by atoms with Crippen LogP contribution < -0.4 is 10.2 Å². The monoisotopic (exact) mass is 441 g/mol. The molecule has 8 nitrogen and oxygen atoms in total. The Bertz CT molecular complexity index is 1250. The average Bonchev–Trinajstić information content (AvgIpc) is 3.36. The zero-order valence-corrected chi connectivity index (χ0v) is 18.2. The summed E-state index contributed by atoms with van der Waals surface area (Å²) in [5.74, 6) is 1.53. The first-order chi connectivity index (χ1) is 16.2. The van der Waals surface area contributed by atoms with Crippen molar-refractivity contribution in [2.75, 3.05) is 36.5 Å². The number of nitrogens with zero attached hydrogens (tertiary/aromatic N) is 4. The third-order valence-corrected chi connectivity index (χ3v) is 5.42. The van der Waals surface area contributed by atoms with Crippen LogP contribution in [0.3, 0.4) is 0 Å². The van der Waals surface area contributed by atoms with Gasteiger partial charge in [-0.3, -0.25) is 4.79 Å². The number of nitrogens with one attached hydrogen (secondary N) is 1. The van der Waals surface area contributed by atoms with Crippen molar-refractivity contribution in [3.8, 4) is 22.9 Å². The fraction of sp³-hybridized carbons (Fsp3) is 0.200. The van der Waals surface area contributed by atoms with Crippen LogP contribution in [-0.4, -0.2) is 47.4 Å². The van der Waals surface area contributed by atoms with E-state index in [4.69, 9.17) is 9.15 Å². The first-order valence-corrected chi connectivity index (χ1v) is 10.8. The van der Waals surface area contributed by atoms with Crippen LogP contribution >= 0.6 is 0 Å². The van der Waals surface area contributed by atoms with Crippen molar-refractivity contribution in [3.63, 3.8) is 0 Å². The lowest BCUT2D eigenvalue weighted by Crippen LogP contribution is -2.36. The highest BCUT2D eigenvalue weighted by Crippen LogP contribution is 2.25. The second-order valence-corrected chi connectivity index (χ2v) is 7.82. The Morgan fingerprint density at radius 2 is 1.70 bits per heavy atom. The summed E-state index contributed by atoms with van der Waals surface area (Å²) in [7, 11) is 0. The Hall–Kier alpha value is -4.04. The number of aromatic nitrogens is 3. The van der Waals surface area contributed by atoms with Gasteiger partial charge in [-0.15, -0.1) is 10.2 Å². The molecule has 2 aromatic heterocycles. The number of morpholine rings is 1. The van der Waals surface area contributed by atoms with Gasteiger partial charge >= 0.3 is 0 Å². The second kappa shape index (κ2) is 9.22. The number of carbonyl (C=O) groups is 1. The topological polar surface area (TPSA) is 93.4 Å². The number of rotatable bonds is 5. The van der Waals surface area contributed by atoms with Crippen molar-refractivity contribution >= 4 is 17.4 Å². The Morgan fingerprint density at radius 1 is 0.939 bits per heavy atom. The fourth-order valence-corrected chi connectivity index (χ4v) is 3.64. The summed E-state index contributed by atoms with van der Waals surface area (Å²) in [4.78, 5) is 19.3. The molecule has 1 aliphatic heterocycles. The highest BCUT2D eigenvalue weighted by atomic mass is 16.5. The molecule has 4 aromatic rings. The molecule has 3 heterocycles. The minimum Gasteiger partial charge on any atom is -0.416 e. The van der Waals surface area contributed by atoms with Crippen molar-refractivity contribution in [3.05, 3.63) is 78.0 Å². The van der Waals surface area contributed by atoms with E-state index in [-0.39, 0.29) is 5.91 Å². The standard InChI is InChI=1S/C25H23N5O3/c1-17-3-2-4-20(15-17)25-29-28-24(33-25)19-7-5-18(6-8-19)23(31)27-21-9-10-22(26-16-21)30-11-13-32-14-12-30/h2-10,15-16H,11-14H2,1H3,(H,27,31). The van der Waals surface area contributed by atoms with Crippen LogP contribution in [-0.2, 0) is 4.74 Å². The van der Waals surface area contributed by atoms with Crippen molar-refractivity contribution in [2.45, 2.75) is 6.92 Å². The van der Waals surface area contributed by atoms with Gasteiger partial charge in [0.1, 0.15) is 5.82 Å². The van der Waals surface area contributed by atoms with E-state index in [1.807, 2.05) is 43.3 Å². The molecule has 8 heteroatoms. The van der Waals surface area contributed by atoms with Crippen molar-refractivity contribution in [1.29, 1.82) is 0 Å². The minimum absolute atomic E-state index is 0.214. The van der Waals surface area contributed by atoms with E-state index in [2.05, 4.69) is 25.4 Å². The zero-order valence-electron chi connectivity index (χ0n) is 18.2. The van der Waals surface area contributed by atoms with Crippen LogP contribution in [0.25, 0.3) is 22.9 Å². The predicted molar refractivity (Wildman–Crippen MR) is 125 cm³/mol. The molecule has 1 N–H and O–H groups in total. The van der Waals surface area contributed by atoms with E-state index in [9.17, 15) is 4.79 Å². The summed E-state index contributed by atoms with van der Waals surface area (Å²) < 4.78 is 11.2. The molecule has 0 radical (unpaired) electrons. The van der Waals surface area contributed by atoms with Gasteiger partial charge in [-0.1, -0.05) is 17.7 Å². The normalized spacial score (nSPS) is 13.7. The highest BCUT2D eigenvalue weighted by Gasteiger charge is 2.14. The molecular formula is C25H23N5O3. The molecule has 1 aliphatic rings. The molecule has 0 aliphatic carbocycles. The summed E-state index contributed by atoms with van der Waals surface area (Å²) in [6.45, 7) is 5.05. The molecule has 166 valence electrons. The molecule has 1 saturated heterocycles. The maximum absolute atomic E-state index is 12.7. The van der Waals surface area contributed by atoms with Gasteiger partial charge in [0.15, 0.2) is 0 Å². The van der Waals surface area contributed by atoms with Crippen molar-refractivity contribution in [1.82, 2.24) is 15.2 Å². The molecule has 5 rings (SSSR count). The van der Waals surface area contributed by atoms with Gasteiger partial charge in [-0.05, 0) is 55.5 Å². The summed E-state index contributed by atoms with van der Waals surface area (Å²) >= 11 is 0. The van der Waals surface area contributed by atoms with Crippen LogP contribution in [0.4, 0.5) is 11.5 Å². The molecule has 2 aromatic carbocycles. The lowest BCUT2D eigenvalue weighted by molar-refractivity contribution is 0.102. The minimum atomic E-state index is -0.214. The van der Waals surface area contributed by atoms with E-state index in [1.54, 1.807) is 30.5 Å². The first-order valence-electron chi connectivity index (χ1n) is 10.8. The molecular weight excluding hydrogens is 418 g/mol. The third-order valence-electron chi connectivity index (χ3n) is 5.42. The molecule has 1 fully saturated rings. The molecule has 0 unspecified atom stereocenters. The lowest BCUT2D eigenvalue weighted by Gasteiger charge is -2.27. The fourth-order valence-electron chi connectivity index (χ4n) is 3.64. The van der Waals surface area contributed by atoms with Crippen LogP contribution in [0.15, 0.2) is 71.3 Å². The van der Waals surface area contributed by atoms with Crippen LogP contribution in [0.1, 0.15) is 15.9 Å². The SMILES string of the molecule is Cc1cccc(-c2nnc(-c3ccc(C(=O)Nc4ccc(N5CCOCC5)nc4)cc3)o2)c1. The first kappa shape index (κ1) is 20.8. The van der Waals surface area contributed by atoms with E-state index < -0.39 is 0 Å². The van der Waals surface area contributed by atoms with Crippen LogP contribution in [0.2, 0.25) is 0 Å². The number of carbonyl (C=O) groups excluding carboxylic acids is 1. The zero-order chi connectivity index (χ0) is 22.6. The van der Waals surface area contributed by atoms with Gasteiger partial charge in [0.25, 0.3) is 5.91 Å². The summed E-state index contributed by atoms with van der Waals surface area (Å²) in [5, 5.41) is 11.2. The Labute approximate surface area is 191 Å². The van der Waals surface area contributed by atoms with Gasteiger partial charge in [-0.25, -0.2) is 4.98 Å². The Balaban J connectivity index is 1.24. The number of amides is 1. The van der Waals surface area contributed by atoms with Crippen LogP contribution in [0.5, 0.6) is 0 Å². The molecule has 0 spiro atoms. The molecule has 0 saturated carbocycles. The summed E-state index contributed by atoms with van der Waals surface area (Å²) in [5.41, 5.74) is 3.90. The number of hydrogen-bond donors (Lipinski definition) is 1. The van der Waals surface area contributed by atoms with Gasteiger partial charge < -0.3 is 19.4 Å². The number of aryl methyl sites for hydroxylation is 1. The van der Waals surface area contributed by atoms with Crippen LogP contribution in [0, 0.1) is 6.92 Å². The third kappa shape index (κ3) is 4.75. The molecule has 0 atom stereocenters. The summed E-state index contributed by atoms with van der Waals surface area (Å²) in [6, 6.07) is 18.7. The number of benzene rings is 2. The smallest absolute Gasteiger partial charge is 0.255 e. The lowest BCUT2D eigenvalue weighted by atomic mass is 10.1. The van der Waals surface area contributed by atoms with Crippen molar-refractivity contribution in [2.24, 2.45) is 0 Å². The number of ether oxygens (including phenoxy) is 1. The van der Waals surface area contributed by atoms with Crippen molar-refractivity contribution < 1.29 is 13.9 Å². The number of anilines is 2. The van der Waals surface area contributed by atoms with E-state index in [1.165, 1.54) is 0 Å². The molecule has 1 amide bonds.